The average molecular weight is 290 g/mol. The fraction of sp³-hybridized carbons (Fsp3) is 0.429. The summed E-state index contributed by atoms with van der Waals surface area (Å²) in [5.74, 6) is 0. The second kappa shape index (κ2) is 5.28. The first kappa shape index (κ1) is 13.2. The van der Waals surface area contributed by atoms with Crippen LogP contribution < -0.4 is 11.0 Å². The van der Waals surface area contributed by atoms with E-state index in [1.807, 2.05) is 35.9 Å². The van der Waals surface area contributed by atoms with Crippen molar-refractivity contribution >= 4 is 28.4 Å². The third-order valence-corrected chi connectivity index (χ3v) is 4.42. The molecule has 0 spiro atoms. The molecule has 0 unspecified atom stereocenters. The number of thiocarbonyl (C=S) groups is 1. The van der Waals surface area contributed by atoms with Crippen molar-refractivity contribution in [2.45, 2.75) is 18.9 Å². The highest BCUT2D eigenvalue weighted by Crippen LogP contribution is 2.24. The summed E-state index contributed by atoms with van der Waals surface area (Å²) in [6, 6.07) is 8.10. The zero-order valence-corrected chi connectivity index (χ0v) is 12.2. The van der Waals surface area contributed by atoms with Crippen LogP contribution in [0.5, 0.6) is 0 Å². The molecule has 0 amide bonds. The lowest BCUT2D eigenvalue weighted by Gasteiger charge is -2.33. The molecule has 106 valence electrons. The molecule has 20 heavy (non-hydrogen) atoms. The van der Waals surface area contributed by atoms with Crippen molar-refractivity contribution in [2.75, 3.05) is 20.1 Å². The number of hydrogen-bond acceptors (Lipinski definition) is 2. The summed E-state index contributed by atoms with van der Waals surface area (Å²) >= 11 is 5.26. The second-order valence-electron chi connectivity index (χ2n) is 5.09. The van der Waals surface area contributed by atoms with Gasteiger partial charge in [0, 0.05) is 26.2 Å². The summed E-state index contributed by atoms with van der Waals surface area (Å²) in [6.07, 6.45) is 1.87. The number of para-hydroxylation sites is 2. The van der Waals surface area contributed by atoms with Gasteiger partial charge in [0.2, 0.25) is 0 Å². The smallest absolute Gasteiger partial charge is 0.326 e. The van der Waals surface area contributed by atoms with Crippen LogP contribution in [0.25, 0.3) is 11.0 Å². The van der Waals surface area contributed by atoms with E-state index in [9.17, 15) is 4.79 Å². The molecule has 1 saturated heterocycles. The van der Waals surface area contributed by atoms with Crippen molar-refractivity contribution in [2.24, 2.45) is 0 Å². The third kappa shape index (κ3) is 2.20. The first-order valence-corrected chi connectivity index (χ1v) is 7.27. The van der Waals surface area contributed by atoms with Gasteiger partial charge < -0.3 is 15.2 Å². The molecule has 1 aromatic carbocycles. The number of imidazole rings is 1. The number of piperidine rings is 1. The Bertz CT molecular complexity index is 682. The van der Waals surface area contributed by atoms with Crippen molar-refractivity contribution in [3.05, 3.63) is 34.7 Å². The minimum Gasteiger partial charge on any atom is -0.366 e. The molecular formula is C14H18N4OS. The van der Waals surface area contributed by atoms with Crippen LogP contribution in [0.4, 0.5) is 0 Å². The van der Waals surface area contributed by atoms with Crippen molar-refractivity contribution in [3.8, 4) is 0 Å². The third-order valence-electron chi connectivity index (χ3n) is 3.95. The summed E-state index contributed by atoms with van der Waals surface area (Å²) in [5, 5.41) is 3.79. The van der Waals surface area contributed by atoms with E-state index in [-0.39, 0.29) is 11.7 Å². The molecule has 5 nitrogen and oxygen atoms in total. The van der Waals surface area contributed by atoms with Crippen LogP contribution >= 0.6 is 12.2 Å². The van der Waals surface area contributed by atoms with Gasteiger partial charge in [-0.15, -0.1) is 0 Å². The van der Waals surface area contributed by atoms with Gasteiger partial charge >= 0.3 is 5.69 Å². The predicted molar refractivity (Wildman–Crippen MR) is 84.1 cm³/mol. The van der Waals surface area contributed by atoms with Crippen molar-refractivity contribution < 1.29 is 0 Å². The SMILES string of the molecule is CNC(=S)N1CCC(n2c(=O)[nH]c3ccccc32)CC1. The van der Waals surface area contributed by atoms with Crippen molar-refractivity contribution in [1.29, 1.82) is 0 Å². The van der Waals surface area contributed by atoms with Crippen LogP contribution in [0.1, 0.15) is 18.9 Å². The molecular weight excluding hydrogens is 272 g/mol. The summed E-state index contributed by atoms with van der Waals surface area (Å²) in [4.78, 5) is 17.2. The largest absolute Gasteiger partial charge is 0.366 e. The van der Waals surface area contributed by atoms with E-state index in [1.165, 1.54) is 0 Å². The molecule has 1 fully saturated rings. The van der Waals surface area contributed by atoms with Gasteiger partial charge in [-0.3, -0.25) is 4.57 Å². The van der Waals surface area contributed by atoms with E-state index in [4.69, 9.17) is 12.2 Å². The number of fused-ring (bicyclic) bond motifs is 1. The Morgan fingerprint density at radius 2 is 2.05 bits per heavy atom. The van der Waals surface area contributed by atoms with E-state index in [0.717, 1.165) is 42.1 Å². The molecule has 1 aliphatic rings. The monoisotopic (exact) mass is 290 g/mol. The topological polar surface area (TPSA) is 53.1 Å². The Balaban J connectivity index is 1.85. The normalized spacial score (nSPS) is 16.6. The van der Waals surface area contributed by atoms with Gasteiger partial charge in [0.15, 0.2) is 5.11 Å². The lowest BCUT2D eigenvalue weighted by Crippen LogP contribution is -2.44. The van der Waals surface area contributed by atoms with Crippen LogP contribution in [-0.2, 0) is 0 Å². The Kier molecular flexibility index (Phi) is 3.48. The van der Waals surface area contributed by atoms with Gasteiger partial charge in [-0.05, 0) is 37.2 Å². The quantitative estimate of drug-likeness (QED) is 0.781. The van der Waals surface area contributed by atoms with Crippen LogP contribution in [0.15, 0.2) is 29.1 Å². The number of H-pyrrole nitrogens is 1. The number of aromatic nitrogens is 2. The Labute approximate surface area is 122 Å². The maximum atomic E-state index is 12.2. The average Bonchev–Trinajstić information content (AvgIpc) is 2.82. The number of nitrogens with one attached hydrogen (secondary N) is 2. The predicted octanol–water partition coefficient (Wildman–Crippen LogP) is 1.47. The van der Waals surface area contributed by atoms with Gasteiger partial charge in [-0.2, -0.15) is 0 Å². The van der Waals surface area contributed by atoms with E-state index in [2.05, 4.69) is 15.2 Å². The first-order valence-electron chi connectivity index (χ1n) is 6.86. The molecule has 0 bridgehead atoms. The molecule has 3 rings (SSSR count). The molecule has 0 aliphatic carbocycles. The van der Waals surface area contributed by atoms with Crippen LogP contribution in [0, 0.1) is 0 Å². The van der Waals surface area contributed by atoms with Gasteiger partial charge in [0.25, 0.3) is 0 Å². The van der Waals surface area contributed by atoms with Crippen LogP contribution in [-0.4, -0.2) is 39.7 Å². The fourth-order valence-corrected chi connectivity index (χ4v) is 3.10. The fourth-order valence-electron chi connectivity index (χ4n) is 2.92. The van der Waals surface area contributed by atoms with Crippen molar-refractivity contribution in [3.63, 3.8) is 0 Å². The number of benzene rings is 1. The summed E-state index contributed by atoms with van der Waals surface area (Å²) in [7, 11) is 1.85. The lowest BCUT2D eigenvalue weighted by atomic mass is 10.0. The number of likely N-dealkylation sites (tertiary alicyclic amines) is 1. The van der Waals surface area contributed by atoms with Crippen LogP contribution in [0.3, 0.4) is 0 Å². The van der Waals surface area contributed by atoms with E-state index in [1.54, 1.807) is 0 Å². The molecule has 0 saturated carbocycles. The number of aromatic amines is 1. The molecule has 1 aromatic heterocycles. The number of nitrogens with zero attached hydrogens (tertiary/aromatic N) is 2. The maximum absolute atomic E-state index is 12.2. The maximum Gasteiger partial charge on any atom is 0.326 e. The Morgan fingerprint density at radius 3 is 2.75 bits per heavy atom. The minimum atomic E-state index is -0.0131. The lowest BCUT2D eigenvalue weighted by molar-refractivity contribution is 0.266. The molecule has 2 heterocycles. The molecule has 6 heteroatoms. The number of rotatable bonds is 1. The van der Waals surface area contributed by atoms with Crippen molar-refractivity contribution in [1.82, 2.24) is 19.8 Å². The second-order valence-corrected chi connectivity index (χ2v) is 5.48. The highest BCUT2D eigenvalue weighted by molar-refractivity contribution is 7.80. The van der Waals surface area contributed by atoms with Gasteiger partial charge in [0.1, 0.15) is 0 Å². The summed E-state index contributed by atoms with van der Waals surface area (Å²) < 4.78 is 1.90. The molecule has 2 N–H and O–H groups in total. The highest BCUT2D eigenvalue weighted by atomic mass is 32.1. The van der Waals surface area contributed by atoms with Crippen LogP contribution in [0.2, 0.25) is 0 Å². The zero-order valence-electron chi connectivity index (χ0n) is 11.4. The molecule has 2 aromatic rings. The Hall–Kier alpha value is -1.82. The molecule has 0 atom stereocenters. The van der Waals surface area contributed by atoms with E-state index < -0.39 is 0 Å². The summed E-state index contributed by atoms with van der Waals surface area (Å²) in [6.45, 7) is 1.77. The molecule has 1 aliphatic heterocycles. The number of hydrogen-bond donors (Lipinski definition) is 2. The highest BCUT2D eigenvalue weighted by Gasteiger charge is 2.24. The minimum absolute atomic E-state index is 0.0131. The van der Waals surface area contributed by atoms with Gasteiger partial charge in [-0.1, -0.05) is 12.1 Å². The zero-order chi connectivity index (χ0) is 14.1. The summed E-state index contributed by atoms with van der Waals surface area (Å²) in [5.41, 5.74) is 1.89. The molecule has 0 radical (unpaired) electrons. The van der Waals surface area contributed by atoms with Gasteiger partial charge in [0.05, 0.1) is 11.0 Å². The van der Waals surface area contributed by atoms with E-state index in [0.29, 0.717) is 0 Å². The first-order chi connectivity index (χ1) is 9.70. The van der Waals surface area contributed by atoms with Gasteiger partial charge in [-0.25, -0.2) is 4.79 Å². The Morgan fingerprint density at radius 1 is 1.35 bits per heavy atom. The standard InChI is InChI=1S/C14H18N4OS/c1-15-14(20)17-8-6-10(7-9-17)18-12-5-3-2-4-11(12)16-13(18)19/h2-5,10H,6-9H2,1H3,(H,15,20)(H,16,19). The van der Waals surface area contributed by atoms with E-state index >= 15 is 0 Å².